The number of carbonyl (C=O) groups is 1. The van der Waals surface area contributed by atoms with Crippen molar-refractivity contribution < 1.29 is 27.4 Å². The molecule has 2 aromatic rings. The average molecular weight is 561 g/mol. The lowest BCUT2D eigenvalue weighted by Crippen LogP contribution is -2.48. The first kappa shape index (κ1) is 30.6. The number of benzene rings is 1. The summed E-state index contributed by atoms with van der Waals surface area (Å²) in [6.45, 7) is 8.75. The molecular formula is C28H35F3N6O3. The second kappa shape index (κ2) is 13.4. The number of alkyl halides is 3. The van der Waals surface area contributed by atoms with Crippen molar-refractivity contribution in [3.8, 4) is 5.75 Å². The molecule has 0 saturated heterocycles. The number of carbonyl (C=O) groups excluding carboxylic acids is 1. The topological polar surface area (TPSA) is 102 Å². The van der Waals surface area contributed by atoms with Crippen LogP contribution in [0.2, 0.25) is 0 Å². The fourth-order valence-electron chi connectivity index (χ4n) is 4.12. The van der Waals surface area contributed by atoms with Crippen LogP contribution in [0.5, 0.6) is 5.75 Å². The van der Waals surface area contributed by atoms with Gasteiger partial charge in [-0.25, -0.2) is 4.79 Å². The molecule has 1 aliphatic carbocycles. The highest BCUT2D eigenvalue weighted by Crippen LogP contribution is 2.32. The molecule has 0 spiro atoms. The summed E-state index contributed by atoms with van der Waals surface area (Å²) < 4.78 is 49.8. The predicted octanol–water partition coefficient (Wildman–Crippen LogP) is 6.18. The van der Waals surface area contributed by atoms with Crippen LogP contribution in [0, 0.1) is 0 Å². The first-order valence-electron chi connectivity index (χ1n) is 12.9. The first-order chi connectivity index (χ1) is 19.0. The van der Waals surface area contributed by atoms with Crippen molar-refractivity contribution in [2.45, 2.75) is 58.5 Å². The lowest BCUT2D eigenvalue weighted by molar-refractivity contribution is -0.274. The van der Waals surface area contributed by atoms with Gasteiger partial charge in [-0.05, 0) is 50.6 Å². The Kier molecular flexibility index (Phi) is 10.3. The monoisotopic (exact) mass is 560 g/mol. The van der Waals surface area contributed by atoms with E-state index in [4.69, 9.17) is 4.74 Å². The summed E-state index contributed by atoms with van der Waals surface area (Å²) in [5.74, 6) is 0.704. The lowest BCUT2D eigenvalue weighted by atomic mass is 9.98. The minimum absolute atomic E-state index is 0.121. The van der Waals surface area contributed by atoms with Gasteiger partial charge in [-0.15, -0.1) is 23.4 Å². The normalized spacial score (nSPS) is 16.1. The number of hydrogen-bond acceptors (Lipinski definition) is 6. The Labute approximate surface area is 231 Å². The molecule has 1 aromatic heterocycles. The zero-order valence-electron chi connectivity index (χ0n) is 23.2. The number of ether oxygens (including phenoxy) is 2. The predicted molar refractivity (Wildman–Crippen MR) is 148 cm³/mol. The molecule has 1 heterocycles. The van der Waals surface area contributed by atoms with Crippen LogP contribution in [-0.4, -0.2) is 46.5 Å². The van der Waals surface area contributed by atoms with E-state index in [0.29, 0.717) is 24.5 Å². The van der Waals surface area contributed by atoms with E-state index in [9.17, 15) is 18.0 Å². The van der Waals surface area contributed by atoms with Crippen LogP contribution < -0.4 is 20.7 Å². The fourth-order valence-corrected chi connectivity index (χ4v) is 4.12. The Morgan fingerprint density at radius 3 is 2.60 bits per heavy atom. The maximum atomic E-state index is 12.7. The SMILES string of the molecule is CC/C=C\n1c(C2=CC=C(NC(=O)Nc3ccccc3OC(F)(F)F)C=CC2)nnc1C(C)C(C)(NCC)OC. The van der Waals surface area contributed by atoms with E-state index in [2.05, 4.69) is 30.9 Å². The summed E-state index contributed by atoms with van der Waals surface area (Å²) in [7, 11) is 1.65. The third kappa shape index (κ3) is 7.82. The fraction of sp³-hybridized carbons (Fsp3) is 0.393. The van der Waals surface area contributed by atoms with Gasteiger partial charge in [-0.1, -0.05) is 51.1 Å². The van der Waals surface area contributed by atoms with Gasteiger partial charge >= 0.3 is 12.4 Å². The van der Waals surface area contributed by atoms with Crippen LogP contribution >= 0.6 is 0 Å². The van der Waals surface area contributed by atoms with Gasteiger partial charge in [0.2, 0.25) is 0 Å². The van der Waals surface area contributed by atoms with E-state index >= 15 is 0 Å². The highest BCUT2D eigenvalue weighted by molar-refractivity contribution is 5.92. The van der Waals surface area contributed by atoms with Gasteiger partial charge in [-0.3, -0.25) is 9.88 Å². The number of methoxy groups -OCH3 is 1. The Morgan fingerprint density at radius 1 is 1.18 bits per heavy atom. The van der Waals surface area contributed by atoms with Gasteiger partial charge < -0.3 is 20.1 Å². The van der Waals surface area contributed by atoms with Crippen LogP contribution in [0.4, 0.5) is 23.7 Å². The van der Waals surface area contributed by atoms with Crippen molar-refractivity contribution in [2.75, 3.05) is 19.0 Å². The van der Waals surface area contributed by atoms with Crippen LogP contribution in [0.15, 0.2) is 60.3 Å². The third-order valence-electron chi connectivity index (χ3n) is 6.38. The van der Waals surface area contributed by atoms with Crippen LogP contribution in [0.3, 0.4) is 0 Å². The second-order valence-corrected chi connectivity index (χ2v) is 9.15. The summed E-state index contributed by atoms with van der Waals surface area (Å²) in [5, 5.41) is 17.4. The maximum Gasteiger partial charge on any atom is 0.573 e. The van der Waals surface area contributed by atoms with Crippen molar-refractivity contribution in [2.24, 2.45) is 0 Å². The highest BCUT2D eigenvalue weighted by atomic mass is 19.4. The number of halogens is 3. The second-order valence-electron chi connectivity index (χ2n) is 9.15. The molecule has 0 saturated carbocycles. The Bertz CT molecular complexity index is 1300. The van der Waals surface area contributed by atoms with Crippen molar-refractivity contribution in [1.29, 1.82) is 0 Å². The molecule has 2 atom stereocenters. The van der Waals surface area contributed by atoms with Crippen molar-refractivity contribution >= 4 is 23.5 Å². The molecule has 9 nitrogen and oxygen atoms in total. The van der Waals surface area contributed by atoms with E-state index in [0.717, 1.165) is 23.9 Å². The number of aromatic nitrogens is 3. The molecule has 2 amide bonds. The molecule has 3 N–H and O–H groups in total. The van der Waals surface area contributed by atoms with Crippen molar-refractivity contribution in [3.63, 3.8) is 0 Å². The Balaban J connectivity index is 1.84. The summed E-state index contributed by atoms with van der Waals surface area (Å²) in [6.07, 6.45) is 7.48. The summed E-state index contributed by atoms with van der Waals surface area (Å²) >= 11 is 0. The van der Waals surface area contributed by atoms with Gasteiger partial charge in [0.15, 0.2) is 11.6 Å². The van der Waals surface area contributed by atoms with Gasteiger partial charge in [-0.2, -0.15) is 0 Å². The Hall–Kier alpha value is -3.90. The van der Waals surface area contributed by atoms with Crippen LogP contribution in [0.1, 0.15) is 58.1 Å². The van der Waals surface area contributed by atoms with E-state index in [-0.39, 0.29) is 11.6 Å². The van der Waals surface area contributed by atoms with Gasteiger partial charge in [0.1, 0.15) is 11.5 Å². The number of anilines is 1. The van der Waals surface area contributed by atoms with Gasteiger partial charge in [0.25, 0.3) is 0 Å². The molecule has 40 heavy (non-hydrogen) atoms. The molecule has 1 aromatic carbocycles. The zero-order valence-corrected chi connectivity index (χ0v) is 23.2. The first-order valence-corrected chi connectivity index (χ1v) is 12.9. The van der Waals surface area contributed by atoms with Crippen LogP contribution in [0.25, 0.3) is 11.8 Å². The number of likely N-dealkylation sites (N-methyl/N-ethyl adjacent to an activating group) is 1. The van der Waals surface area contributed by atoms with E-state index in [1.54, 1.807) is 19.3 Å². The molecule has 216 valence electrons. The smallest absolute Gasteiger partial charge is 0.404 e. The summed E-state index contributed by atoms with van der Waals surface area (Å²) in [6, 6.07) is 4.58. The molecule has 12 heteroatoms. The quantitative estimate of drug-likeness (QED) is 0.284. The molecule has 0 radical (unpaired) electrons. The number of urea groups is 1. The number of hydrogen-bond donors (Lipinski definition) is 3. The lowest BCUT2D eigenvalue weighted by Gasteiger charge is -2.34. The number of para-hydroxylation sites is 2. The summed E-state index contributed by atoms with van der Waals surface area (Å²) in [4.78, 5) is 12.6. The summed E-state index contributed by atoms with van der Waals surface area (Å²) in [5.41, 5.74) is 0.504. The molecule has 2 unspecified atom stereocenters. The highest BCUT2D eigenvalue weighted by Gasteiger charge is 2.35. The number of allylic oxidation sites excluding steroid dienone is 6. The zero-order chi connectivity index (χ0) is 29.3. The van der Waals surface area contributed by atoms with E-state index in [1.165, 1.54) is 18.2 Å². The van der Waals surface area contributed by atoms with E-state index < -0.39 is 23.9 Å². The molecule has 0 aliphatic heterocycles. The Morgan fingerprint density at radius 2 is 1.93 bits per heavy atom. The minimum atomic E-state index is -4.89. The number of amides is 2. The number of nitrogens with zero attached hydrogens (tertiary/aromatic N) is 3. The molecule has 1 aliphatic rings. The standard InChI is InChI=1S/C28H35F3N6O3/c1-6-8-18-37-24(19(3)27(4,39-5)32-7-2)35-36-25(37)20-12-11-13-21(17-16-20)33-26(38)34-22-14-9-10-15-23(22)40-28(29,30)31/h8-11,13-19,32H,6-7,12H2,1-5H3,(H2,33,34,38)/b18-8-. The average Bonchev–Trinajstić information content (AvgIpc) is 3.18. The van der Waals surface area contributed by atoms with Crippen molar-refractivity contribution in [1.82, 2.24) is 25.4 Å². The van der Waals surface area contributed by atoms with Crippen LogP contribution in [-0.2, 0) is 4.74 Å². The number of nitrogens with one attached hydrogen (secondary N) is 3. The maximum absolute atomic E-state index is 12.7. The van der Waals surface area contributed by atoms with Gasteiger partial charge in [0.05, 0.1) is 11.6 Å². The number of rotatable bonds is 11. The van der Waals surface area contributed by atoms with E-state index in [1.807, 2.05) is 56.7 Å². The van der Waals surface area contributed by atoms with Crippen molar-refractivity contribution in [3.05, 3.63) is 72.0 Å². The molecule has 3 rings (SSSR count). The molecule has 0 fully saturated rings. The van der Waals surface area contributed by atoms with Gasteiger partial charge in [0, 0.05) is 24.6 Å². The third-order valence-corrected chi connectivity index (χ3v) is 6.38. The minimum Gasteiger partial charge on any atom is -0.404 e. The molecule has 0 bridgehead atoms. The molecular weight excluding hydrogens is 525 g/mol. The largest absolute Gasteiger partial charge is 0.573 e.